The lowest BCUT2D eigenvalue weighted by molar-refractivity contribution is 0.379. The normalized spacial score (nSPS) is 13.8. The summed E-state index contributed by atoms with van der Waals surface area (Å²) in [5, 5.41) is 11.2. The van der Waals surface area contributed by atoms with E-state index in [1.807, 2.05) is 11.7 Å². The molecule has 2 aromatic rings. The second-order valence-corrected chi connectivity index (χ2v) is 7.82. The van der Waals surface area contributed by atoms with Gasteiger partial charge in [0.2, 0.25) is 5.89 Å². The first-order chi connectivity index (χ1) is 12.1. The van der Waals surface area contributed by atoms with Crippen LogP contribution in [0.5, 0.6) is 0 Å². The molecule has 0 radical (unpaired) electrons. The fourth-order valence-electron chi connectivity index (χ4n) is 2.80. The summed E-state index contributed by atoms with van der Waals surface area (Å²) in [7, 11) is 3.74. The van der Waals surface area contributed by atoms with Crippen LogP contribution >= 0.6 is 0 Å². The van der Waals surface area contributed by atoms with Gasteiger partial charge in [-0.15, -0.1) is 0 Å². The number of nitrogens with one attached hydrogen (secondary N) is 2. The first-order valence-corrected chi connectivity index (χ1v) is 9.03. The van der Waals surface area contributed by atoms with Crippen molar-refractivity contribution in [1.29, 1.82) is 0 Å². The van der Waals surface area contributed by atoms with Gasteiger partial charge in [0.15, 0.2) is 5.96 Å². The second-order valence-electron chi connectivity index (χ2n) is 7.82. The van der Waals surface area contributed by atoms with E-state index in [4.69, 9.17) is 4.42 Å². The van der Waals surface area contributed by atoms with Crippen LogP contribution in [-0.4, -0.2) is 33.8 Å². The Morgan fingerprint density at radius 1 is 1.35 bits per heavy atom. The van der Waals surface area contributed by atoms with Gasteiger partial charge >= 0.3 is 0 Å². The van der Waals surface area contributed by atoms with E-state index in [1.165, 1.54) is 11.3 Å². The monoisotopic (exact) mass is 360 g/mol. The summed E-state index contributed by atoms with van der Waals surface area (Å²) in [5.41, 5.74) is 3.52. The Kier molecular flexibility index (Phi) is 6.10. The summed E-state index contributed by atoms with van der Waals surface area (Å²) in [6.07, 6.45) is 2.68. The van der Waals surface area contributed by atoms with Gasteiger partial charge in [0, 0.05) is 31.2 Å². The summed E-state index contributed by atoms with van der Waals surface area (Å²) < 4.78 is 7.74. The first kappa shape index (κ1) is 20.0. The molecule has 0 spiro atoms. The minimum Gasteiger partial charge on any atom is -0.443 e. The quantitative estimate of drug-likeness (QED) is 0.633. The summed E-state index contributed by atoms with van der Waals surface area (Å²) in [5.74, 6) is 2.27. The highest BCUT2D eigenvalue weighted by Gasteiger charge is 2.19. The molecule has 0 amide bonds. The summed E-state index contributed by atoms with van der Waals surface area (Å²) in [6.45, 7) is 13.1. The van der Waals surface area contributed by atoms with Crippen LogP contribution in [0.2, 0.25) is 0 Å². The number of rotatable bonds is 5. The van der Waals surface area contributed by atoms with E-state index >= 15 is 0 Å². The molecule has 1 unspecified atom stereocenters. The van der Waals surface area contributed by atoms with Gasteiger partial charge in [0.05, 0.1) is 18.4 Å². The third kappa shape index (κ3) is 4.86. The molecular formula is C19H32N6O. The Morgan fingerprint density at radius 2 is 2.04 bits per heavy atom. The number of guanidine groups is 1. The molecule has 0 aromatic carbocycles. The fourth-order valence-corrected chi connectivity index (χ4v) is 2.80. The maximum Gasteiger partial charge on any atom is 0.213 e. The molecule has 2 aromatic heterocycles. The number of oxazole rings is 1. The van der Waals surface area contributed by atoms with E-state index in [1.54, 1.807) is 13.2 Å². The number of aryl methyl sites for hydroxylation is 2. The Morgan fingerprint density at radius 3 is 2.54 bits per heavy atom. The molecule has 0 fully saturated rings. The van der Waals surface area contributed by atoms with Crippen molar-refractivity contribution in [3.8, 4) is 0 Å². The molecule has 0 saturated heterocycles. The predicted molar refractivity (Wildman–Crippen MR) is 104 cm³/mol. The smallest absolute Gasteiger partial charge is 0.213 e. The maximum absolute atomic E-state index is 5.81. The highest BCUT2D eigenvalue weighted by molar-refractivity contribution is 5.79. The number of hydrogen-bond donors (Lipinski definition) is 2. The SMILES string of the molecule is CN=C(NCc1ncc(C(C)(C)C)o1)NC(C)Cc1c(C)nn(C)c1C. The fraction of sp³-hybridized carbons (Fsp3) is 0.632. The summed E-state index contributed by atoms with van der Waals surface area (Å²) >= 11 is 0. The van der Waals surface area contributed by atoms with Crippen LogP contribution < -0.4 is 10.6 Å². The van der Waals surface area contributed by atoms with Crippen LogP contribution in [0.1, 0.15) is 56.3 Å². The van der Waals surface area contributed by atoms with E-state index in [9.17, 15) is 0 Å². The van der Waals surface area contributed by atoms with Crippen LogP contribution in [0.15, 0.2) is 15.6 Å². The third-order valence-corrected chi connectivity index (χ3v) is 4.48. The average Bonchev–Trinajstić information content (AvgIpc) is 3.12. The lowest BCUT2D eigenvalue weighted by atomic mass is 9.94. The molecule has 26 heavy (non-hydrogen) atoms. The van der Waals surface area contributed by atoms with Crippen LogP contribution in [0.4, 0.5) is 0 Å². The van der Waals surface area contributed by atoms with Crippen molar-refractivity contribution in [2.75, 3.05) is 7.05 Å². The lowest BCUT2D eigenvalue weighted by Crippen LogP contribution is -2.42. The van der Waals surface area contributed by atoms with E-state index < -0.39 is 0 Å². The highest BCUT2D eigenvalue weighted by Crippen LogP contribution is 2.22. The van der Waals surface area contributed by atoms with Gasteiger partial charge in [-0.2, -0.15) is 5.10 Å². The van der Waals surface area contributed by atoms with Crippen LogP contribution in [0.25, 0.3) is 0 Å². The number of aromatic nitrogens is 3. The van der Waals surface area contributed by atoms with Crippen molar-refractivity contribution in [2.24, 2.45) is 12.0 Å². The third-order valence-electron chi connectivity index (χ3n) is 4.48. The Labute approximate surface area is 156 Å². The van der Waals surface area contributed by atoms with Gasteiger partial charge in [-0.1, -0.05) is 20.8 Å². The van der Waals surface area contributed by atoms with Crippen molar-refractivity contribution in [2.45, 2.75) is 66.0 Å². The molecule has 7 nitrogen and oxygen atoms in total. The zero-order chi connectivity index (χ0) is 19.5. The highest BCUT2D eigenvalue weighted by atomic mass is 16.4. The van der Waals surface area contributed by atoms with Crippen LogP contribution in [0.3, 0.4) is 0 Å². The molecule has 0 saturated carbocycles. The van der Waals surface area contributed by atoms with Crippen molar-refractivity contribution in [1.82, 2.24) is 25.4 Å². The van der Waals surface area contributed by atoms with Crippen molar-refractivity contribution in [3.05, 3.63) is 34.8 Å². The molecule has 1 atom stereocenters. The van der Waals surface area contributed by atoms with Crippen molar-refractivity contribution >= 4 is 5.96 Å². The van der Waals surface area contributed by atoms with E-state index in [2.05, 4.69) is 67.3 Å². The Bertz CT molecular complexity index is 766. The van der Waals surface area contributed by atoms with Gasteiger partial charge in [-0.25, -0.2) is 4.98 Å². The Balaban J connectivity index is 1.92. The topological polar surface area (TPSA) is 80.3 Å². The first-order valence-electron chi connectivity index (χ1n) is 9.03. The van der Waals surface area contributed by atoms with Gasteiger partial charge in [-0.3, -0.25) is 9.67 Å². The molecule has 2 rings (SSSR count). The predicted octanol–water partition coefficient (Wildman–Crippen LogP) is 2.62. The molecule has 2 N–H and O–H groups in total. The van der Waals surface area contributed by atoms with E-state index in [0.717, 1.165) is 23.8 Å². The second kappa shape index (κ2) is 7.93. The summed E-state index contributed by atoms with van der Waals surface area (Å²) in [6, 6.07) is 0.220. The standard InChI is InChI=1S/C19H32N6O/c1-12(9-15-13(2)24-25(8)14(15)3)23-18(20-7)22-11-17-21-10-16(26-17)19(4,5)6/h10,12H,9,11H2,1-8H3,(H2,20,22,23). The number of aliphatic imine (C=N–C) groups is 1. The molecule has 0 bridgehead atoms. The minimum absolute atomic E-state index is 0.0425. The van der Waals surface area contributed by atoms with E-state index in [0.29, 0.717) is 12.4 Å². The average molecular weight is 361 g/mol. The van der Waals surface area contributed by atoms with Gasteiger partial charge in [0.1, 0.15) is 5.76 Å². The van der Waals surface area contributed by atoms with Crippen LogP contribution in [0, 0.1) is 13.8 Å². The van der Waals surface area contributed by atoms with Crippen molar-refractivity contribution in [3.63, 3.8) is 0 Å². The van der Waals surface area contributed by atoms with E-state index in [-0.39, 0.29) is 11.5 Å². The lowest BCUT2D eigenvalue weighted by Gasteiger charge is -2.18. The zero-order valence-electron chi connectivity index (χ0n) is 17.3. The zero-order valence-corrected chi connectivity index (χ0v) is 17.3. The molecule has 0 aliphatic heterocycles. The van der Waals surface area contributed by atoms with Gasteiger partial charge < -0.3 is 15.1 Å². The molecule has 0 aliphatic rings. The molecular weight excluding hydrogens is 328 g/mol. The Hall–Kier alpha value is -2.31. The number of hydrogen-bond acceptors (Lipinski definition) is 4. The molecule has 0 aliphatic carbocycles. The number of nitrogens with zero attached hydrogens (tertiary/aromatic N) is 4. The minimum atomic E-state index is -0.0425. The van der Waals surface area contributed by atoms with Gasteiger partial charge in [0.25, 0.3) is 0 Å². The molecule has 7 heteroatoms. The molecule has 144 valence electrons. The summed E-state index contributed by atoms with van der Waals surface area (Å²) in [4.78, 5) is 8.63. The largest absolute Gasteiger partial charge is 0.443 e. The maximum atomic E-state index is 5.81. The molecule has 2 heterocycles. The van der Waals surface area contributed by atoms with Crippen molar-refractivity contribution < 1.29 is 4.42 Å². The van der Waals surface area contributed by atoms with Gasteiger partial charge in [-0.05, 0) is 32.8 Å². The van der Waals surface area contributed by atoms with Crippen LogP contribution in [-0.2, 0) is 25.4 Å².